The summed E-state index contributed by atoms with van der Waals surface area (Å²) in [6.45, 7) is 0.863. The van der Waals surface area contributed by atoms with Gasteiger partial charge in [-0.05, 0) is 60.8 Å². The largest absolute Gasteiger partial charge is 0.447 e. The standard InChI is InChI=1S/C21H23F2N5O3S/c22-21(23)10-9-14(12-18(21)29)4-1-2-5-15-13-31-20(30)28(15)11-3-6-16-7-8-17(32-16)19-24-26-27-25-19/h2,5,7-10,12,15,18,29H,1,3-4,6,11,13H2,(H,24,25,26,27). The van der Waals surface area contributed by atoms with Crippen LogP contribution in [0.2, 0.25) is 0 Å². The van der Waals surface area contributed by atoms with Crippen LogP contribution < -0.4 is 0 Å². The lowest BCUT2D eigenvalue weighted by Crippen LogP contribution is -2.33. The number of nitrogens with zero attached hydrogens (tertiary/aromatic N) is 4. The zero-order chi connectivity index (χ0) is 22.6. The van der Waals surface area contributed by atoms with Crippen molar-refractivity contribution in [1.29, 1.82) is 0 Å². The summed E-state index contributed by atoms with van der Waals surface area (Å²) < 4.78 is 31.7. The van der Waals surface area contributed by atoms with Crippen molar-refractivity contribution in [2.24, 2.45) is 0 Å². The molecule has 1 fully saturated rings. The minimum absolute atomic E-state index is 0.147. The van der Waals surface area contributed by atoms with Crippen LogP contribution in [0.3, 0.4) is 0 Å². The van der Waals surface area contributed by atoms with E-state index in [2.05, 4.69) is 20.6 Å². The van der Waals surface area contributed by atoms with Gasteiger partial charge in [0.25, 0.3) is 5.92 Å². The molecular weight excluding hydrogens is 440 g/mol. The van der Waals surface area contributed by atoms with Crippen molar-refractivity contribution >= 4 is 17.4 Å². The molecule has 170 valence electrons. The molecule has 32 heavy (non-hydrogen) atoms. The second-order valence-corrected chi connectivity index (χ2v) is 8.77. The minimum Gasteiger partial charge on any atom is -0.447 e. The average Bonchev–Trinajstić information content (AvgIpc) is 3.51. The molecule has 0 aromatic carbocycles. The molecule has 11 heteroatoms. The number of thiophene rings is 1. The summed E-state index contributed by atoms with van der Waals surface area (Å²) in [5.41, 5.74) is 0.666. The van der Waals surface area contributed by atoms with Gasteiger partial charge in [0.15, 0.2) is 0 Å². The number of aryl methyl sites for hydroxylation is 1. The van der Waals surface area contributed by atoms with Gasteiger partial charge in [-0.2, -0.15) is 14.0 Å². The van der Waals surface area contributed by atoms with Gasteiger partial charge >= 0.3 is 6.09 Å². The highest BCUT2D eigenvalue weighted by molar-refractivity contribution is 7.15. The first-order valence-corrected chi connectivity index (χ1v) is 11.1. The van der Waals surface area contributed by atoms with Gasteiger partial charge in [-0.3, -0.25) is 4.90 Å². The van der Waals surface area contributed by atoms with Gasteiger partial charge in [-0.1, -0.05) is 18.2 Å². The Labute approximate surface area is 187 Å². The molecule has 3 heterocycles. The zero-order valence-electron chi connectivity index (χ0n) is 17.2. The maximum Gasteiger partial charge on any atom is 0.410 e. The Bertz CT molecular complexity index is 1020. The number of H-pyrrole nitrogens is 1. The number of ether oxygens (including phenoxy) is 1. The molecule has 0 saturated carbocycles. The molecule has 2 unspecified atom stereocenters. The van der Waals surface area contributed by atoms with E-state index >= 15 is 0 Å². The van der Waals surface area contributed by atoms with Crippen molar-refractivity contribution in [2.45, 2.75) is 43.8 Å². The van der Waals surface area contributed by atoms with Gasteiger partial charge in [0.05, 0.1) is 10.9 Å². The number of hydrogen-bond acceptors (Lipinski definition) is 7. The van der Waals surface area contributed by atoms with E-state index in [0.29, 0.717) is 37.4 Å². The Morgan fingerprint density at radius 2 is 2.25 bits per heavy atom. The molecule has 2 atom stereocenters. The summed E-state index contributed by atoms with van der Waals surface area (Å²) in [6.07, 6.45) is 7.75. The van der Waals surface area contributed by atoms with E-state index in [1.807, 2.05) is 24.3 Å². The van der Waals surface area contributed by atoms with E-state index in [4.69, 9.17) is 4.74 Å². The summed E-state index contributed by atoms with van der Waals surface area (Å²) in [4.78, 5) is 15.9. The maximum atomic E-state index is 13.3. The van der Waals surface area contributed by atoms with Gasteiger partial charge in [-0.25, -0.2) is 4.79 Å². The number of carbonyl (C=O) groups is 1. The van der Waals surface area contributed by atoms with Crippen LogP contribution in [-0.4, -0.2) is 67.9 Å². The Kier molecular flexibility index (Phi) is 6.75. The van der Waals surface area contributed by atoms with Gasteiger partial charge in [0.1, 0.15) is 12.7 Å². The molecule has 1 saturated heterocycles. The molecule has 1 aliphatic carbocycles. The van der Waals surface area contributed by atoms with Crippen LogP contribution in [0.15, 0.2) is 48.1 Å². The number of amides is 1. The highest BCUT2D eigenvalue weighted by atomic mass is 32.1. The second-order valence-electron chi connectivity index (χ2n) is 7.60. The van der Waals surface area contributed by atoms with Crippen LogP contribution in [-0.2, 0) is 11.2 Å². The van der Waals surface area contributed by atoms with E-state index in [1.54, 1.807) is 16.2 Å². The third kappa shape index (κ3) is 5.28. The quantitative estimate of drug-likeness (QED) is 0.552. The molecule has 0 spiro atoms. The first-order chi connectivity index (χ1) is 15.4. The van der Waals surface area contributed by atoms with E-state index < -0.39 is 12.0 Å². The predicted octanol–water partition coefficient (Wildman–Crippen LogP) is 3.51. The highest BCUT2D eigenvalue weighted by Gasteiger charge is 2.36. The van der Waals surface area contributed by atoms with E-state index in [9.17, 15) is 18.7 Å². The normalized spacial score (nSPS) is 22.5. The molecular formula is C21H23F2N5O3S. The molecule has 4 rings (SSSR count). The SMILES string of the molecule is O=C1OCC(C=CCCC2=CC(O)C(F)(F)C=C2)N1CCCc1ccc(-c2nn[nH]n2)s1. The van der Waals surface area contributed by atoms with Crippen LogP contribution in [0, 0.1) is 0 Å². The van der Waals surface area contributed by atoms with Crippen molar-refractivity contribution in [1.82, 2.24) is 25.5 Å². The number of aliphatic hydroxyl groups excluding tert-OH is 1. The number of cyclic esters (lactones) is 1. The lowest BCUT2D eigenvalue weighted by atomic mass is 9.98. The Hall–Kier alpha value is -2.92. The fourth-order valence-electron chi connectivity index (χ4n) is 3.56. The second kappa shape index (κ2) is 9.70. The number of allylic oxidation sites excluding steroid dienone is 3. The molecule has 1 aliphatic heterocycles. The van der Waals surface area contributed by atoms with Crippen LogP contribution in [0.5, 0.6) is 0 Å². The number of aromatic amines is 1. The third-order valence-electron chi connectivity index (χ3n) is 5.31. The lowest BCUT2D eigenvalue weighted by molar-refractivity contribution is -0.0469. The molecule has 8 nitrogen and oxygen atoms in total. The fourth-order valence-corrected chi connectivity index (χ4v) is 4.54. The first kappa shape index (κ1) is 22.3. The third-order valence-corrected chi connectivity index (χ3v) is 6.45. The number of aliphatic hydroxyl groups is 1. The number of aromatic nitrogens is 4. The van der Waals surface area contributed by atoms with Crippen LogP contribution in [0.25, 0.3) is 10.7 Å². The Morgan fingerprint density at radius 1 is 1.38 bits per heavy atom. The van der Waals surface area contributed by atoms with Crippen LogP contribution in [0.4, 0.5) is 13.6 Å². The maximum absolute atomic E-state index is 13.3. The fraction of sp³-hybridized carbons (Fsp3) is 0.429. The molecule has 0 bridgehead atoms. The number of halogens is 2. The van der Waals surface area contributed by atoms with E-state index in [0.717, 1.165) is 23.8 Å². The Morgan fingerprint density at radius 3 is 3.03 bits per heavy atom. The van der Waals surface area contributed by atoms with Crippen molar-refractivity contribution < 1.29 is 23.4 Å². The summed E-state index contributed by atoms with van der Waals surface area (Å²) >= 11 is 1.60. The molecule has 2 N–H and O–H groups in total. The predicted molar refractivity (Wildman–Crippen MR) is 114 cm³/mol. The number of nitrogens with one attached hydrogen (secondary N) is 1. The van der Waals surface area contributed by atoms with Crippen molar-refractivity contribution in [2.75, 3.05) is 13.2 Å². The van der Waals surface area contributed by atoms with Crippen LogP contribution >= 0.6 is 11.3 Å². The van der Waals surface area contributed by atoms with Gasteiger partial charge < -0.3 is 9.84 Å². The van der Waals surface area contributed by atoms with E-state index in [-0.39, 0.29) is 12.1 Å². The number of tetrazole rings is 1. The number of hydrogen-bond donors (Lipinski definition) is 2. The molecule has 2 aromatic heterocycles. The van der Waals surface area contributed by atoms with Gasteiger partial charge in [-0.15, -0.1) is 21.5 Å². The van der Waals surface area contributed by atoms with Gasteiger partial charge in [0, 0.05) is 11.4 Å². The smallest absolute Gasteiger partial charge is 0.410 e. The summed E-state index contributed by atoms with van der Waals surface area (Å²) in [5.74, 6) is -2.64. The minimum atomic E-state index is -3.21. The topological polar surface area (TPSA) is 104 Å². The monoisotopic (exact) mass is 463 g/mol. The van der Waals surface area contributed by atoms with Crippen molar-refractivity contribution in [3.05, 3.63) is 53.0 Å². The van der Waals surface area contributed by atoms with Crippen molar-refractivity contribution in [3.63, 3.8) is 0 Å². The average molecular weight is 464 g/mol. The van der Waals surface area contributed by atoms with Crippen molar-refractivity contribution in [3.8, 4) is 10.7 Å². The molecule has 2 aliphatic rings. The van der Waals surface area contributed by atoms with Crippen LogP contribution in [0.1, 0.15) is 24.1 Å². The number of alkyl halides is 2. The number of rotatable bonds is 9. The van der Waals surface area contributed by atoms with E-state index in [1.165, 1.54) is 17.0 Å². The Balaban J connectivity index is 1.23. The lowest BCUT2D eigenvalue weighted by Gasteiger charge is -2.21. The zero-order valence-corrected chi connectivity index (χ0v) is 18.0. The molecule has 2 aromatic rings. The highest BCUT2D eigenvalue weighted by Crippen LogP contribution is 2.29. The summed E-state index contributed by atoms with van der Waals surface area (Å²) in [5, 5.41) is 23.4. The summed E-state index contributed by atoms with van der Waals surface area (Å²) in [6, 6.07) is 3.83. The number of carbonyl (C=O) groups excluding carboxylic acids is 1. The van der Waals surface area contributed by atoms with Gasteiger partial charge in [0.2, 0.25) is 5.82 Å². The molecule has 1 amide bonds. The summed E-state index contributed by atoms with van der Waals surface area (Å²) in [7, 11) is 0. The first-order valence-electron chi connectivity index (χ1n) is 10.3. The molecule has 0 radical (unpaired) electrons.